The first-order valence-electron chi connectivity index (χ1n) is 6.80. The van der Waals surface area contributed by atoms with Gasteiger partial charge in [0.15, 0.2) is 0 Å². The molecule has 1 aromatic rings. The van der Waals surface area contributed by atoms with Gasteiger partial charge in [-0.25, -0.2) is 0 Å². The van der Waals surface area contributed by atoms with E-state index in [9.17, 15) is 4.79 Å². The van der Waals surface area contributed by atoms with Crippen molar-refractivity contribution in [2.24, 2.45) is 0 Å². The molecular formula is C15H18ClN3O. The third-order valence-electron chi connectivity index (χ3n) is 3.36. The number of hydrogen-bond acceptors (Lipinski definition) is 3. The van der Waals surface area contributed by atoms with Crippen LogP contribution in [0.15, 0.2) is 18.2 Å². The van der Waals surface area contributed by atoms with Crippen molar-refractivity contribution >= 4 is 23.2 Å². The molecule has 1 saturated heterocycles. The summed E-state index contributed by atoms with van der Waals surface area (Å²) in [5, 5.41) is 12.6. The lowest BCUT2D eigenvalue weighted by atomic mass is 10.0. The number of benzene rings is 1. The summed E-state index contributed by atoms with van der Waals surface area (Å²) in [6.07, 6.45) is 1.81. The Bertz CT molecular complexity index is 551. The number of anilines is 1. The van der Waals surface area contributed by atoms with Crippen LogP contribution in [0, 0.1) is 11.3 Å². The topological polar surface area (TPSA) is 56.1 Å². The van der Waals surface area contributed by atoms with E-state index in [1.165, 1.54) is 0 Å². The van der Waals surface area contributed by atoms with Crippen molar-refractivity contribution in [1.29, 1.82) is 5.26 Å². The van der Waals surface area contributed by atoms with Gasteiger partial charge in [-0.15, -0.1) is 0 Å². The number of rotatable bonds is 3. The summed E-state index contributed by atoms with van der Waals surface area (Å²) in [5.41, 5.74) is 1.19. The molecule has 1 amide bonds. The van der Waals surface area contributed by atoms with Gasteiger partial charge in [0.2, 0.25) is 5.91 Å². The van der Waals surface area contributed by atoms with Crippen LogP contribution in [0.2, 0.25) is 5.02 Å². The largest absolute Gasteiger partial charge is 0.311 e. The fourth-order valence-electron chi connectivity index (χ4n) is 2.45. The molecule has 1 aliphatic rings. The minimum absolute atomic E-state index is 0.0747. The molecule has 0 saturated carbocycles. The van der Waals surface area contributed by atoms with E-state index in [2.05, 4.69) is 5.32 Å². The first kappa shape index (κ1) is 14.8. The number of hydrogen-bond donors (Lipinski definition) is 1. The summed E-state index contributed by atoms with van der Waals surface area (Å²) in [6, 6.07) is 7.28. The first-order valence-corrected chi connectivity index (χ1v) is 7.18. The van der Waals surface area contributed by atoms with Gasteiger partial charge in [-0.3, -0.25) is 4.79 Å². The second kappa shape index (κ2) is 6.25. The Morgan fingerprint density at radius 2 is 2.25 bits per heavy atom. The van der Waals surface area contributed by atoms with Crippen molar-refractivity contribution in [3.8, 4) is 6.07 Å². The van der Waals surface area contributed by atoms with Crippen LogP contribution in [0.25, 0.3) is 0 Å². The van der Waals surface area contributed by atoms with Crippen molar-refractivity contribution in [2.45, 2.75) is 38.8 Å². The van der Waals surface area contributed by atoms with Crippen LogP contribution in [0.5, 0.6) is 0 Å². The van der Waals surface area contributed by atoms with Gasteiger partial charge >= 0.3 is 0 Å². The summed E-state index contributed by atoms with van der Waals surface area (Å²) in [5.74, 6) is 0.0747. The van der Waals surface area contributed by atoms with Crippen LogP contribution < -0.4 is 10.2 Å². The second-order valence-electron chi connectivity index (χ2n) is 5.28. The normalized spacial score (nSPS) is 19.2. The highest BCUT2D eigenvalue weighted by molar-refractivity contribution is 6.32. The zero-order valence-corrected chi connectivity index (χ0v) is 12.4. The van der Waals surface area contributed by atoms with Gasteiger partial charge in [0, 0.05) is 18.3 Å². The third kappa shape index (κ3) is 3.12. The first-order chi connectivity index (χ1) is 9.52. The lowest BCUT2D eigenvalue weighted by Gasteiger charge is -2.33. The molecule has 1 aliphatic heterocycles. The number of carbonyl (C=O) groups excluding carboxylic acids is 1. The predicted octanol–water partition coefficient (Wildman–Crippen LogP) is 2.71. The molecule has 0 radical (unpaired) electrons. The lowest BCUT2D eigenvalue weighted by molar-refractivity contribution is -0.121. The molecule has 4 nitrogen and oxygen atoms in total. The summed E-state index contributed by atoms with van der Waals surface area (Å²) in [7, 11) is 0. The highest BCUT2D eigenvalue weighted by Gasteiger charge is 2.29. The van der Waals surface area contributed by atoms with Crippen LogP contribution in [0.3, 0.4) is 0 Å². The molecule has 0 aromatic heterocycles. The van der Waals surface area contributed by atoms with E-state index >= 15 is 0 Å². The van der Waals surface area contributed by atoms with Gasteiger partial charge in [-0.2, -0.15) is 5.26 Å². The van der Waals surface area contributed by atoms with E-state index in [0.717, 1.165) is 18.5 Å². The van der Waals surface area contributed by atoms with E-state index in [0.29, 0.717) is 17.1 Å². The molecule has 1 heterocycles. The van der Waals surface area contributed by atoms with Gasteiger partial charge in [0.05, 0.1) is 16.6 Å². The van der Waals surface area contributed by atoms with Crippen LogP contribution in [0.4, 0.5) is 5.69 Å². The number of halogens is 1. The number of piperidine rings is 1. The monoisotopic (exact) mass is 291 g/mol. The molecular weight excluding hydrogens is 274 g/mol. The maximum Gasteiger partial charge on any atom is 0.244 e. The fourth-order valence-corrected chi connectivity index (χ4v) is 2.67. The van der Waals surface area contributed by atoms with E-state index < -0.39 is 0 Å². The summed E-state index contributed by atoms with van der Waals surface area (Å²) in [6.45, 7) is 4.76. The van der Waals surface area contributed by atoms with Crippen LogP contribution in [-0.2, 0) is 4.79 Å². The minimum atomic E-state index is -0.141. The van der Waals surface area contributed by atoms with Crippen molar-refractivity contribution in [3.63, 3.8) is 0 Å². The minimum Gasteiger partial charge on any atom is -0.311 e. The molecule has 0 spiro atoms. The Kier molecular flexibility index (Phi) is 4.64. The average molecular weight is 292 g/mol. The Balaban J connectivity index is 2.21. The van der Waals surface area contributed by atoms with E-state index in [-0.39, 0.29) is 18.0 Å². The highest BCUT2D eigenvalue weighted by atomic mass is 35.5. The van der Waals surface area contributed by atoms with E-state index in [1.54, 1.807) is 23.1 Å². The smallest absolute Gasteiger partial charge is 0.244 e. The summed E-state index contributed by atoms with van der Waals surface area (Å²) < 4.78 is 0. The summed E-state index contributed by atoms with van der Waals surface area (Å²) in [4.78, 5) is 14.2. The Morgan fingerprint density at radius 3 is 2.85 bits per heavy atom. The van der Waals surface area contributed by atoms with Gasteiger partial charge in [-0.1, -0.05) is 25.4 Å². The molecule has 0 aliphatic carbocycles. The lowest BCUT2D eigenvalue weighted by Crippen LogP contribution is -2.52. The zero-order valence-electron chi connectivity index (χ0n) is 11.7. The number of carbonyl (C=O) groups is 1. The van der Waals surface area contributed by atoms with Gasteiger partial charge in [0.25, 0.3) is 0 Å². The second-order valence-corrected chi connectivity index (χ2v) is 5.69. The molecule has 1 aromatic carbocycles. The molecule has 1 fully saturated rings. The zero-order chi connectivity index (χ0) is 14.7. The Hall–Kier alpha value is -1.57. The highest BCUT2D eigenvalue weighted by Crippen LogP contribution is 2.26. The van der Waals surface area contributed by atoms with Gasteiger partial charge in [0.1, 0.15) is 6.07 Å². The number of nitrogens with zero attached hydrogens (tertiary/aromatic N) is 2. The van der Waals surface area contributed by atoms with Crippen molar-refractivity contribution in [1.82, 2.24) is 5.32 Å². The van der Waals surface area contributed by atoms with Crippen molar-refractivity contribution in [2.75, 3.05) is 11.4 Å². The average Bonchev–Trinajstić information content (AvgIpc) is 2.40. The third-order valence-corrected chi connectivity index (χ3v) is 3.67. The standard InChI is InChI=1S/C15H18ClN3O/c1-10(2)18-14-4-3-7-19(15(14)20)12-6-5-11(9-17)13(16)8-12/h5-6,8,10,14,18H,3-4,7H2,1-2H3. The number of amides is 1. The Morgan fingerprint density at radius 1 is 1.50 bits per heavy atom. The maximum absolute atomic E-state index is 12.5. The quantitative estimate of drug-likeness (QED) is 0.931. The fraction of sp³-hybridized carbons (Fsp3) is 0.467. The molecule has 20 heavy (non-hydrogen) atoms. The van der Waals surface area contributed by atoms with Crippen LogP contribution in [-0.4, -0.2) is 24.5 Å². The SMILES string of the molecule is CC(C)NC1CCCN(c2ccc(C#N)c(Cl)c2)C1=O. The molecule has 0 bridgehead atoms. The van der Waals surface area contributed by atoms with Gasteiger partial charge in [-0.05, 0) is 31.0 Å². The predicted molar refractivity (Wildman–Crippen MR) is 79.8 cm³/mol. The van der Waals surface area contributed by atoms with Crippen LogP contribution in [0.1, 0.15) is 32.3 Å². The van der Waals surface area contributed by atoms with Crippen molar-refractivity contribution < 1.29 is 4.79 Å². The molecule has 2 rings (SSSR count). The van der Waals surface area contributed by atoms with E-state index in [4.69, 9.17) is 16.9 Å². The molecule has 106 valence electrons. The maximum atomic E-state index is 12.5. The molecule has 1 atom stereocenters. The van der Waals surface area contributed by atoms with Crippen LogP contribution >= 0.6 is 11.6 Å². The van der Waals surface area contributed by atoms with Gasteiger partial charge < -0.3 is 10.2 Å². The van der Waals surface area contributed by atoms with Crippen molar-refractivity contribution in [3.05, 3.63) is 28.8 Å². The molecule has 1 unspecified atom stereocenters. The van der Waals surface area contributed by atoms with E-state index in [1.807, 2.05) is 19.9 Å². The molecule has 1 N–H and O–H groups in total. The summed E-state index contributed by atoms with van der Waals surface area (Å²) >= 11 is 6.04. The number of nitrogens with one attached hydrogen (secondary N) is 1. The number of nitriles is 1. The Labute approximate surface area is 124 Å². The molecule has 5 heteroatoms.